The second kappa shape index (κ2) is 10.1. The van der Waals surface area contributed by atoms with E-state index in [1.165, 1.54) is 40.1 Å². The van der Waals surface area contributed by atoms with Crippen LogP contribution in [0.3, 0.4) is 0 Å². The summed E-state index contributed by atoms with van der Waals surface area (Å²) in [6.07, 6.45) is 3.79. The fourth-order valence-corrected chi connectivity index (χ4v) is 7.19. The van der Waals surface area contributed by atoms with Gasteiger partial charge in [-0.1, -0.05) is 30.8 Å². The second-order valence-electron chi connectivity index (χ2n) is 8.48. The Morgan fingerprint density at radius 2 is 2.17 bits per heavy atom. The molecule has 1 amide bonds. The average molecular weight is 542 g/mol. The molecule has 3 aromatic heterocycles. The van der Waals surface area contributed by atoms with Crippen molar-refractivity contribution < 1.29 is 9.72 Å². The van der Waals surface area contributed by atoms with Crippen LogP contribution in [0.15, 0.2) is 39.6 Å². The molecule has 186 valence electrons. The van der Waals surface area contributed by atoms with E-state index in [4.69, 9.17) is 4.98 Å². The number of benzene rings is 1. The maximum absolute atomic E-state index is 13.4. The number of aryl methyl sites for hydroxylation is 2. The number of aromatic nitrogens is 3. The molecule has 1 aromatic carbocycles. The molecule has 4 aromatic rings. The van der Waals surface area contributed by atoms with Crippen molar-refractivity contribution in [3.63, 3.8) is 0 Å². The Kier molecular flexibility index (Phi) is 6.91. The normalized spacial score (nSPS) is 13.6. The van der Waals surface area contributed by atoms with E-state index in [1.54, 1.807) is 40.3 Å². The van der Waals surface area contributed by atoms with Gasteiger partial charge in [0.05, 0.1) is 21.3 Å². The number of amides is 1. The number of nitro benzene ring substituents is 1. The predicted octanol–water partition coefficient (Wildman–Crippen LogP) is 5.51. The SMILES string of the molecule is CCCn1c(S[C@@H](C)C(=O)Nc2nc(-c3cccc([N+](=O)[O-])c3)cs2)nc2sc3c(c2c1=O)CCC3. The van der Waals surface area contributed by atoms with Crippen molar-refractivity contribution in [3.8, 4) is 11.3 Å². The quantitative estimate of drug-likeness (QED) is 0.135. The first-order valence-corrected chi connectivity index (χ1v) is 14.2. The van der Waals surface area contributed by atoms with Gasteiger partial charge >= 0.3 is 0 Å². The molecule has 0 radical (unpaired) electrons. The van der Waals surface area contributed by atoms with Crippen LogP contribution in [0.5, 0.6) is 0 Å². The molecule has 36 heavy (non-hydrogen) atoms. The summed E-state index contributed by atoms with van der Waals surface area (Å²) in [5.41, 5.74) is 2.27. The summed E-state index contributed by atoms with van der Waals surface area (Å²) in [4.78, 5) is 48.2. The van der Waals surface area contributed by atoms with Gasteiger partial charge in [-0.05, 0) is 38.2 Å². The second-order valence-corrected chi connectivity index (χ2v) is 11.7. The minimum absolute atomic E-state index is 0.0159. The lowest BCUT2D eigenvalue weighted by Gasteiger charge is -2.15. The topological polar surface area (TPSA) is 120 Å². The van der Waals surface area contributed by atoms with Crippen molar-refractivity contribution in [2.45, 2.75) is 56.5 Å². The van der Waals surface area contributed by atoms with E-state index < -0.39 is 10.2 Å². The number of anilines is 1. The molecule has 3 heterocycles. The van der Waals surface area contributed by atoms with Crippen LogP contribution in [-0.2, 0) is 24.2 Å². The molecule has 1 atom stereocenters. The number of carbonyl (C=O) groups excluding carboxylic acids is 1. The number of thioether (sulfide) groups is 1. The highest BCUT2D eigenvalue weighted by Gasteiger charge is 2.25. The molecule has 5 rings (SSSR count). The van der Waals surface area contributed by atoms with Gasteiger partial charge in [0.15, 0.2) is 10.3 Å². The van der Waals surface area contributed by atoms with Crippen LogP contribution in [0.1, 0.15) is 37.1 Å². The van der Waals surface area contributed by atoms with E-state index in [9.17, 15) is 19.7 Å². The van der Waals surface area contributed by atoms with Gasteiger partial charge in [-0.3, -0.25) is 24.3 Å². The van der Waals surface area contributed by atoms with E-state index in [-0.39, 0.29) is 17.2 Å². The van der Waals surface area contributed by atoms with Crippen molar-refractivity contribution in [1.82, 2.24) is 14.5 Å². The van der Waals surface area contributed by atoms with E-state index in [2.05, 4.69) is 10.3 Å². The maximum Gasteiger partial charge on any atom is 0.270 e. The van der Waals surface area contributed by atoms with Crippen molar-refractivity contribution in [2.75, 3.05) is 5.32 Å². The molecule has 0 fully saturated rings. The standard InChI is InChI=1S/C24H23N5O4S3/c1-3-10-28-22(31)19-16-8-5-9-18(16)36-21(19)27-24(28)35-13(2)20(30)26-23-25-17(12-34-23)14-6-4-7-15(11-14)29(32)33/h4,6-7,11-13H,3,5,8-10H2,1-2H3,(H,25,26,30)/t13-/m0/s1. The number of nitrogens with zero attached hydrogens (tertiary/aromatic N) is 4. The van der Waals surface area contributed by atoms with Crippen molar-refractivity contribution in [3.05, 3.63) is 60.6 Å². The third-order valence-corrected chi connectivity index (χ3v) is 9.01. The van der Waals surface area contributed by atoms with Crippen molar-refractivity contribution in [1.29, 1.82) is 0 Å². The fraction of sp³-hybridized carbons (Fsp3) is 0.333. The van der Waals surface area contributed by atoms with Crippen LogP contribution in [0.4, 0.5) is 10.8 Å². The maximum atomic E-state index is 13.4. The highest BCUT2D eigenvalue weighted by molar-refractivity contribution is 8.00. The molecule has 0 saturated heterocycles. The minimum Gasteiger partial charge on any atom is -0.301 e. The highest BCUT2D eigenvalue weighted by Crippen LogP contribution is 2.36. The van der Waals surface area contributed by atoms with Gasteiger partial charge in [0, 0.05) is 34.5 Å². The molecular formula is C24H23N5O4S3. The zero-order valence-electron chi connectivity index (χ0n) is 19.6. The van der Waals surface area contributed by atoms with Crippen LogP contribution >= 0.6 is 34.4 Å². The summed E-state index contributed by atoms with van der Waals surface area (Å²) in [7, 11) is 0. The van der Waals surface area contributed by atoms with Crippen LogP contribution < -0.4 is 10.9 Å². The molecular weight excluding hydrogens is 518 g/mol. The third-order valence-electron chi connectivity index (χ3n) is 5.98. The molecule has 1 N–H and O–H groups in total. The number of hydrogen-bond acceptors (Lipinski definition) is 9. The van der Waals surface area contributed by atoms with E-state index in [0.717, 1.165) is 41.5 Å². The lowest BCUT2D eigenvalue weighted by atomic mass is 10.1. The number of nitrogens with one attached hydrogen (secondary N) is 1. The minimum atomic E-state index is -0.519. The first kappa shape index (κ1) is 24.6. The number of non-ortho nitro benzene ring substituents is 1. The third kappa shape index (κ3) is 4.67. The van der Waals surface area contributed by atoms with Crippen molar-refractivity contribution >= 4 is 61.4 Å². The Morgan fingerprint density at radius 3 is 2.94 bits per heavy atom. The van der Waals surface area contributed by atoms with Gasteiger partial charge in [-0.15, -0.1) is 22.7 Å². The smallest absolute Gasteiger partial charge is 0.270 e. The van der Waals surface area contributed by atoms with E-state index in [1.807, 2.05) is 6.92 Å². The molecule has 1 aliphatic rings. The molecule has 0 spiro atoms. The summed E-state index contributed by atoms with van der Waals surface area (Å²) in [5.74, 6) is -0.258. The van der Waals surface area contributed by atoms with Crippen molar-refractivity contribution in [2.24, 2.45) is 0 Å². The lowest BCUT2D eigenvalue weighted by Crippen LogP contribution is -2.27. The van der Waals surface area contributed by atoms with Gasteiger partial charge in [-0.25, -0.2) is 9.97 Å². The van der Waals surface area contributed by atoms with Crippen LogP contribution in [0.2, 0.25) is 0 Å². The number of fused-ring (bicyclic) bond motifs is 3. The molecule has 0 unspecified atom stereocenters. The van der Waals surface area contributed by atoms with Crippen LogP contribution in [-0.4, -0.2) is 30.6 Å². The zero-order valence-corrected chi connectivity index (χ0v) is 22.1. The summed E-state index contributed by atoms with van der Waals surface area (Å²) >= 11 is 4.11. The number of carbonyl (C=O) groups is 1. The molecule has 0 saturated carbocycles. The molecule has 0 bridgehead atoms. The largest absolute Gasteiger partial charge is 0.301 e. The number of thiazole rings is 1. The lowest BCUT2D eigenvalue weighted by molar-refractivity contribution is -0.384. The number of thiophene rings is 1. The Balaban J connectivity index is 1.35. The average Bonchev–Trinajstić information content (AvgIpc) is 3.58. The zero-order chi connectivity index (χ0) is 25.4. The summed E-state index contributed by atoms with van der Waals surface area (Å²) < 4.78 is 1.70. The van der Waals surface area contributed by atoms with Gasteiger partial charge in [-0.2, -0.15) is 0 Å². The van der Waals surface area contributed by atoms with Crippen LogP contribution in [0.25, 0.3) is 21.5 Å². The molecule has 1 aliphatic carbocycles. The van der Waals surface area contributed by atoms with Gasteiger partial charge in [0.2, 0.25) is 5.91 Å². The molecule has 9 nitrogen and oxygen atoms in total. The van der Waals surface area contributed by atoms with E-state index >= 15 is 0 Å². The molecule has 0 aliphatic heterocycles. The predicted molar refractivity (Wildman–Crippen MR) is 144 cm³/mol. The number of rotatable bonds is 8. The summed E-state index contributed by atoms with van der Waals surface area (Å²) in [5, 5.41) is 16.8. The monoisotopic (exact) mass is 541 g/mol. The first-order valence-electron chi connectivity index (χ1n) is 11.6. The molecule has 12 heteroatoms. The number of hydrogen-bond donors (Lipinski definition) is 1. The Morgan fingerprint density at radius 1 is 1.33 bits per heavy atom. The first-order chi connectivity index (χ1) is 17.4. The van der Waals surface area contributed by atoms with Crippen LogP contribution in [0, 0.1) is 10.1 Å². The van der Waals surface area contributed by atoms with Gasteiger partial charge in [0.25, 0.3) is 11.2 Å². The van der Waals surface area contributed by atoms with E-state index in [0.29, 0.717) is 28.1 Å². The van der Waals surface area contributed by atoms with Gasteiger partial charge < -0.3 is 5.32 Å². The summed E-state index contributed by atoms with van der Waals surface area (Å²) in [6, 6.07) is 6.21. The summed E-state index contributed by atoms with van der Waals surface area (Å²) in [6.45, 7) is 4.33. The van der Waals surface area contributed by atoms with Gasteiger partial charge in [0.1, 0.15) is 4.83 Å². The number of nitro groups is 1. The highest BCUT2D eigenvalue weighted by atomic mass is 32.2. The Labute approximate surface area is 218 Å². The fourth-order valence-electron chi connectivity index (χ4n) is 4.23. The Hall–Kier alpha value is -3.09. The Bertz CT molecular complexity index is 1540.